The Morgan fingerprint density at radius 3 is 2.32 bits per heavy atom. The summed E-state index contributed by atoms with van der Waals surface area (Å²) in [6, 6.07) is 19.8. The van der Waals surface area contributed by atoms with Crippen LogP contribution in [0.1, 0.15) is 12.8 Å². The molecule has 3 aromatic rings. The molecule has 1 unspecified atom stereocenters. The zero-order chi connectivity index (χ0) is 23.5. The van der Waals surface area contributed by atoms with Crippen molar-refractivity contribution < 1.29 is 4.79 Å². The molecule has 2 aliphatic rings. The molecule has 0 saturated carbocycles. The minimum Gasteiger partial charge on any atom is -0.368 e. The Balaban J connectivity index is 1.19. The summed E-state index contributed by atoms with van der Waals surface area (Å²) in [5.74, 6) is 1.06. The van der Waals surface area contributed by atoms with Crippen molar-refractivity contribution in [3.63, 3.8) is 0 Å². The number of carbonyl (C=O) groups is 1. The van der Waals surface area contributed by atoms with E-state index >= 15 is 0 Å². The van der Waals surface area contributed by atoms with Crippen molar-refractivity contribution in [3.8, 4) is 11.3 Å². The second-order valence-electron chi connectivity index (χ2n) is 8.84. The molecular formula is C26H27Cl2N5O. The maximum absolute atomic E-state index is 13.3. The average Bonchev–Trinajstić information content (AvgIpc) is 2.91. The lowest BCUT2D eigenvalue weighted by Crippen LogP contribution is -2.52. The van der Waals surface area contributed by atoms with Crippen molar-refractivity contribution in [1.82, 2.24) is 15.1 Å². The van der Waals surface area contributed by atoms with Gasteiger partial charge in [0.1, 0.15) is 0 Å². The molecule has 0 spiro atoms. The molecule has 1 atom stereocenters. The molecule has 0 aliphatic carbocycles. The third-order valence-electron chi connectivity index (χ3n) is 6.67. The van der Waals surface area contributed by atoms with Crippen LogP contribution in [0.15, 0.2) is 60.7 Å². The molecule has 2 fully saturated rings. The summed E-state index contributed by atoms with van der Waals surface area (Å²) in [4.78, 5) is 19.8. The fraction of sp³-hybridized carbons (Fsp3) is 0.346. The highest BCUT2D eigenvalue weighted by Crippen LogP contribution is 2.29. The lowest BCUT2D eigenvalue weighted by atomic mass is 9.96. The molecule has 176 valence electrons. The molecule has 6 nitrogen and oxygen atoms in total. The minimum atomic E-state index is -0.0131. The van der Waals surface area contributed by atoms with E-state index in [2.05, 4.69) is 20.0 Å². The van der Waals surface area contributed by atoms with Crippen molar-refractivity contribution in [2.75, 3.05) is 49.1 Å². The minimum absolute atomic E-state index is 0.0131. The number of piperidine rings is 1. The summed E-state index contributed by atoms with van der Waals surface area (Å²) in [5.41, 5.74) is 2.95. The Bertz CT molecular complexity index is 1130. The first kappa shape index (κ1) is 22.9. The number of hydrogen-bond acceptors (Lipinski definition) is 5. The molecule has 0 bridgehead atoms. The normalized spacial score (nSPS) is 18.8. The van der Waals surface area contributed by atoms with Crippen LogP contribution < -0.4 is 9.80 Å². The van der Waals surface area contributed by atoms with Gasteiger partial charge in [0.15, 0.2) is 5.82 Å². The van der Waals surface area contributed by atoms with E-state index in [1.165, 1.54) is 0 Å². The number of carbonyl (C=O) groups excluding carboxylic acids is 1. The summed E-state index contributed by atoms with van der Waals surface area (Å²) in [7, 11) is 0. The number of hydrogen-bond donors (Lipinski definition) is 0. The maximum Gasteiger partial charge on any atom is 0.227 e. The van der Waals surface area contributed by atoms with E-state index in [0.717, 1.165) is 55.2 Å². The monoisotopic (exact) mass is 495 g/mol. The van der Waals surface area contributed by atoms with Gasteiger partial charge < -0.3 is 14.7 Å². The molecule has 2 saturated heterocycles. The lowest BCUT2D eigenvalue weighted by Gasteiger charge is -2.40. The third-order valence-corrected chi connectivity index (χ3v) is 7.41. The molecule has 5 rings (SSSR count). The van der Waals surface area contributed by atoms with Crippen molar-refractivity contribution >= 4 is 40.6 Å². The van der Waals surface area contributed by atoms with Gasteiger partial charge in [0.05, 0.1) is 21.7 Å². The van der Waals surface area contributed by atoms with Crippen molar-refractivity contribution in [1.29, 1.82) is 0 Å². The Morgan fingerprint density at radius 1 is 0.824 bits per heavy atom. The van der Waals surface area contributed by atoms with E-state index in [-0.39, 0.29) is 11.8 Å². The molecule has 0 N–H and O–H groups in total. The van der Waals surface area contributed by atoms with E-state index in [0.29, 0.717) is 29.7 Å². The summed E-state index contributed by atoms with van der Waals surface area (Å²) >= 11 is 12.2. The standard InChI is InChI=1S/C26H27Cl2N5O/c27-22-9-8-21(17-23(22)28)31-13-15-32(16-14-31)26(34)20-7-4-12-33(18-20)25-11-10-24(29-30-25)19-5-2-1-3-6-19/h1-3,5-6,8-11,17,20H,4,7,12-16,18H2. The fourth-order valence-electron chi connectivity index (χ4n) is 4.77. The van der Waals surface area contributed by atoms with Gasteiger partial charge in [0.25, 0.3) is 0 Å². The molecule has 2 aromatic carbocycles. The molecule has 34 heavy (non-hydrogen) atoms. The first-order valence-corrected chi connectivity index (χ1v) is 12.5. The predicted molar refractivity (Wildman–Crippen MR) is 138 cm³/mol. The number of benzene rings is 2. The van der Waals surface area contributed by atoms with E-state index in [4.69, 9.17) is 23.2 Å². The van der Waals surface area contributed by atoms with E-state index < -0.39 is 0 Å². The highest BCUT2D eigenvalue weighted by atomic mass is 35.5. The highest BCUT2D eigenvalue weighted by Gasteiger charge is 2.31. The van der Waals surface area contributed by atoms with Gasteiger partial charge in [0, 0.05) is 50.5 Å². The summed E-state index contributed by atoms with van der Waals surface area (Å²) in [6.07, 6.45) is 1.89. The van der Waals surface area contributed by atoms with Crippen LogP contribution in [0.5, 0.6) is 0 Å². The number of rotatable bonds is 4. The van der Waals surface area contributed by atoms with Crippen LogP contribution in [0, 0.1) is 5.92 Å². The predicted octanol–water partition coefficient (Wildman–Crippen LogP) is 5.02. The smallest absolute Gasteiger partial charge is 0.227 e. The van der Waals surface area contributed by atoms with Crippen LogP contribution >= 0.6 is 23.2 Å². The maximum atomic E-state index is 13.3. The zero-order valence-electron chi connectivity index (χ0n) is 18.9. The van der Waals surface area contributed by atoms with Crippen LogP contribution in [0.3, 0.4) is 0 Å². The second kappa shape index (κ2) is 10.2. The van der Waals surface area contributed by atoms with Gasteiger partial charge >= 0.3 is 0 Å². The number of piperazine rings is 1. The Morgan fingerprint density at radius 2 is 1.62 bits per heavy atom. The van der Waals surface area contributed by atoms with E-state index in [1.807, 2.05) is 65.6 Å². The van der Waals surface area contributed by atoms with Gasteiger partial charge in [-0.05, 0) is 43.2 Å². The topological polar surface area (TPSA) is 52.6 Å². The number of amides is 1. The largest absolute Gasteiger partial charge is 0.368 e. The van der Waals surface area contributed by atoms with Gasteiger partial charge in [0.2, 0.25) is 5.91 Å². The first-order chi connectivity index (χ1) is 16.6. The van der Waals surface area contributed by atoms with Crippen molar-refractivity contribution in [2.24, 2.45) is 5.92 Å². The molecule has 2 aliphatic heterocycles. The second-order valence-corrected chi connectivity index (χ2v) is 9.65. The lowest BCUT2D eigenvalue weighted by molar-refractivity contribution is -0.136. The van der Waals surface area contributed by atoms with E-state index in [1.54, 1.807) is 0 Å². The highest BCUT2D eigenvalue weighted by molar-refractivity contribution is 6.42. The van der Waals surface area contributed by atoms with Crippen LogP contribution in [-0.2, 0) is 4.79 Å². The van der Waals surface area contributed by atoms with Crippen LogP contribution in [0.2, 0.25) is 10.0 Å². The Labute approximate surface area is 210 Å². The SMILES string of the molecule is O=C(C1CCCN(c2ccc(-c3ccccc3)nn2)C1)N1CCN(c2ccc(Cl)c(Cl)c2)CC1. The summed E-state index contributed by atoms with van der Waals surface area (Å²) < 4.78 is 0. The zero-order valence-corrected chi connectivity index (χ0v) is 20.4. The average molecular weight is 496 g/mol. The fourth-order valence-corrected chi connectivity index (χ4v) is 5.06. The molecule has 1 aromatic heterocycles. The van der Waals surface area contributed by atoms with Gasteiger partial charge in [-0.15, -0.1) is 10.2 Å². The Kier molecular flexibility index (Phi) is 6.88. The number of nitrogens with zero attached hydrogens (tertiary/aromatic N) is 5. The summed E-state index contributed by atoms with van der Waals surface area (Å²) in [5, 5.41) is 10.00. The molecule has 3 heterocycles. The van der Waals surface area contributed by atoms with Crippen LogP contribution in [0.4, 0.5) is 11.5 Å². The van der Waals surface area contributed by atoms with Gasteiger partial charge in [-0.2, -0.15) is 0 Å². The van der Waals surface area contributed by atoms with Crippen LogP contribution in [-0.4, -0.2) is 60.3 Å². The van der Waals surface area contributed by atoms with Gasteiger partial charge in [-0.3, -0.25) is 4.79 Å². The number of anilines is 2. The first-order valence-electron chi connectivity index (χ1n) is 11.7. The number of aromatic nitrogens is 2. The molecule has 1 amide bonds. The third kappa shape index (κ3) is 4.98. The van der Waals surface area contributed by atoms with Crippen LogP contribution in [0.25, 0.3) is 11.3 Å². The van der Waals surface area contributed by atoms with Crippen molar-refractivity contribution in [2.45, 2.75) is 12.8 Å². The van der Waals surface area contributed by atoms with Gasteiger partial charge in [-0.25, -0.2) is 0 Å². The molecule has 0 radical (unpaired) electrons. The van der Waals surface area contributed by atoms with E-state index in [9.17, 15) is 4.79 Å². The molecule has 8 heteroatoms. The molecular weight excluding hydrogens is 469 g/mol. The van der Waals surface area contributed by atoms with Crippen molar-refractivity contribution in [3.05, 3.63) is 70.7 Å². The number of halogens is 2. The Hall–Kier alpha value is -2.83. The quantitative estimate of drug-likeness (QED) is 0.508. The summed E-state index contributed by atoms with van der Waals surface area (Å²) in [6.45, 7) is 4.57. The van der Waals surface area contributed by atoms with Gasteiger partial charge in [-0.1, -0.05) is 53.5 Å².